The van der Waals surface area contributed by atoms with Crippen molar-refractivity contribution in [2.75, 3.05) is 45.1 Å². The van der Waals surface area contributed by atoms with Gasteiger partial charge < -0.3 is 30.3 Å². The smallest absolute Gasteiger partial charge is 0.225 e. The van der Waals surface area contributed by atoms with E-state index in [0.29, 0.717) is 17.2 Å². The highest BCUT2D eigenvalue weighted by atomic mass is 32.1. The van der Waals surface area contributed by atoms with Gasteiger partial charge in [-0.05, 0) is 93.8 Å². The Morgan fingerprint density at radius 2 is 1.78 bits per heavy atom. The number of aromatic nitrogens is 2. The summed E-state index contributed by atoms with van der Waals surface area (Å²) in [6, 6.07) is 6.64. The first-order valence-corrected chi connectivity index (χ1v) is 13.5. The number of nitrogens with one attached hydrogen (secondary N) is 3. The number of hydrogen-bond acceptors (Lipinski definition) is 7. The number of fused-ring (bicyclic) bond motifs is 1. The summed E-state index contributed by atoms with van der Waals surface area (Å²) in [6.45, 7) is 0.732. The number of rotatable bonds is 9. The van der Waals surface area contributed by atoms with Gasteiger partial charge in [0.2, 0.25) is 5.95 Å². The SMILES string of the molecule is COc1ccc(OC)c(CCNC(=S)NC2CCC(Nc3nc4c(c(N(C)C)n3)CCCC4)CC2)c1. The van der Waals surface area contributed by atoms with Gasteiger partial charge in [0.25, 0.3) is 0 Å². The van der Waals surface area contributed by atoms with Crippen LogP contribution in [-0.2, 0) is 19.3 Å². The molecule has 1 heterocycles. The molecule has 0 amide bonds. The molecule has 3 N–H and O–H groups in total. The molecule has 4 rings (SSSR count). The average Bonchev–Trinajstić information content (AvgIpc) is 2.89. The first kappa shape index (κ1) is 26.3. The number of methoxy groups -OCH3 is 2. The van der Waals surface area contributed by atoms with Crippen molar-refractivity contribution in [1.29, 1.82) is 0 Å². The summed E-state index contributed by atoms with van der Waals surface area (Å²) in [4.78, 5) is 11.9. The highest BCUT2D eigenvalue weighted by Crippen LogP contribution is 2.29. The molecule has 0 aliphatic heterocycles. The molecule has 0 spiro atoms. The van der Waals surface area contributed by atoms with Gasteiger partial charge in [-0.3, -0.25) is 0 Å². The molecule has 0 radical (unpaired) electrons. The van der Waals surface area contributed by atoms with E-state index in [-0.39, 0.29) is 0 Å². The Morgan fingerprint density at radius 3 is 2.50 bits per heavy atom. The minimum Gasteiger partial charge on any atom is -0.497 e. The van der Waals surface area contributed by atoms with Crippen LogP contribution >= 0.6 is 12.2 Å². The van der Waals surface area contributed by atoms with Crippen molar-refractivity contribution in [2.24, 2.45) is 0 Å². The second-order valence-corrected chi connectivity index (χ2v) is 10.3. The predicted octanol–water partition coefficient (Wildman–Crippen LogP) is 3.87. The predicted molar refractivity (Wildman–Crippen MR) is 150 cm³/mol. The van der Waals surface area contributed by atoms with E-state index in [0.717, 1.165) is 80.3 Å². The van der Waals surface area contributed by atoms with Crippen LogP contribution in [0.2, 0.25) is 0 Å². The van der Waals surface area contributed by atoms with E-state index in [2.05, 4.69) is 34.9 Å². The number of thiocarbonyl (C=S) groups is 1. The summed E-state index contributed by atoms with van der Waals surface area (Å²) < 4.78 is 10.8. The number of aryl methyl sites for hydroxylation is 1. The van der Waals surface area contributed by atoms with Crippen molar-refractivity contribution in [3.8, 4) is 11.5 Å². The van der Waals surface area contributed by atoms with Crippen LogP contribution in [0.5, 0.6) is 11.5 Å². The molecule has 0 bridgehead atoms. The molecule has 1 saturated carbocycles. The average molecular weight is 513 g/mol. The van der Waals surface area contributed by atoms with Gasteiger partial charge in [0.05, 0.1) is 19.9 Å². The number of benzene rings is 1. The monoisotopic (exact) mass is 512 g/mol. The Labute approximate surface area is 220 Å². The summed E-state index contributed by atoms with van der Waals surface area (Å²) in [5, 5.41) is 11.2. The quantitative estimate of drug-likeness (QED) is 0.434. The molecule has 0 saturated heterocycles. The third kappa shape index (κ3) is 6.69. The van der Waals surface area contributed by atoms with Gasteiger partial charge in [0.1, 0.15) is 17.3 Å². The normalized spacial score (nSPS) is 19.1. The standard InChI is InChI=1S/C27H40N6O2S/c1-33(2)25-22-7-5-6-8-23(22)31-26(32-25)29-19-9-11-20(12-10-19)30-27(36)28-16-15-18-17-21(34-3)13-14-24(18)35-4/h13-14,17,19-20H,5-12,15-16H2,1-4H3,(H2,28,30,36)(H,29,31,32). The zero-order valence-corrected chi connectivity index (χ0v) is 22.8. The molecule has 8 nitrogen and oxygen atoms in total. The van der Waals surface area contributed by atoms with Crippen LogP contribution in [0.3, 0.4) is 0 Å². The van der Waals surface area contributed by atoms with E-state index in [4.69, 9.17) is 31.7 Å². The van der Waals surface area contributed by atoms with E-state index >= 15 is 0 Å². The molecular formula is C27H40N6O2S. The number of ether oxygens (including phenoxy) is 2. The molecule has 0 atom stereocenters. The number of anilines is 2. The Balaban J connectivity index is 1.22. The van der Waals surface area contributed by atoms with E-state index in [9.17, 15) is 0 Å². The Hall–Kier alpha value is -2.81. The van der Waals surface area contributed by atoms with Gasteiger partial charge in [0, 0.05) is 38.3 Å². The summed E-state index contributed by atoms with van der Waals surface area (Å²) >= 11 is 5.57. The summed E-state index contributed by atoms with van der Waals surface area (Å²) in [6.07, 6.45) is 9.65. The lowest BCUT2D eigenvalue weighted by molar-refractivity contribution is 0.385. The van der Waals surface area contributed by atoms with Gasteiger partial charge >= 0.3 is 0 Å². The molecule has 1 fully saturated rings. The molecule has 0 unspecified atom stereocenters. The fourth-order valence-electron chi connectivity index (χ4n) is 5.20. The van der Waals surface area contributed by atoms with Gasteiger partial charge in [-0.1, -0.05) is 0 Å². The first-order chi connectivity index (χ1) is 17.5. The number of hydrogen-bond donors (Lipinski definition) is 3. The molecular weight excluding hydrogens is 472 g/mol. The van der Waals surface area contributed by atoms with Gasteiger partial charge in [-0.25, -0.2) is 4.98 Å². The zero-order chi connectivity index (χ0) is 25.5. The molecule has 9 heteroatoms. The lowest BCUT2D eigenvalue weighted by Crippen LogP contribution is -2.45. The van der Waals surface area contributed by atoms with Gasteiger partial charge in [-0.15, -0.1) is 0 Å². The van der Waals surface area contributed by atoms with E-state index < -0.39 is 0 Å². The third-order valence-electron chi connectivity index (χ3n) is 7.15. The molecule has 2 aromatic rings. The fraction of sp³-hybridized carbons (Fsp3) is 0.593. The lowest BCUT2D eigenvalue weighted by atomic mass is 9.91. The Kier molecular flexibility index (Phi) is 9.07. The maximum Gasteiger partial charge on any atom is 0.225 e. The second-order valence-electron chi connectivity index (χ2n) is 9.92. The van der Waals surface area contributed by atoms with Gasteiger partial charge in [-0.2, -0.15) is 4.98 Å². The molecule has 36 heavy (non-hydrogen) atoms. The fourth-order valence-corrected chi connectivity index (χ4v) is 5.47. The van der Waals surface area contributed by atoms with Crippen LogP contribution in [-0.4, -0.2) is 62.0 Å². The third-order valence-corrected chi connectivity index (χ3v) is 7.41. The maximum absolute atomic E-state index is 5.57. The summed E-state index contributed by atoms with van der Waals surface area (Å²) in [7, 11) is 7.51. The van der Waals surface area contributed by atoms with Crippen LogP contribution < -0.4 is 30.3 Å². The molecule has 1 aromatic heterocycles. The molecule has 196 valence electrons. The Morgan fingerprint density at radius 1 is 1.03 bits per heavy atom. The number of nitrogens with zero attached hydrogens (tertiary/aromatic N) is 3. The van der Waals surface area contributed by atoms with E-state index in [1.807, 2.05) is 18.2 Å². The zero-order valence-electron chi connectivity index (χ0n) is 22.0. The molecule has 2 aliphatic carbocycles. The molecule has 1 aromatic carbocycles. The van der Waals surface area contributed by atoms with Crippen LogP contribution in [0.4, 0.5) is 11.8 Å². The minimum absolute atomic E-state index is 0.385. The summed E-state index contributed by atoms with van der Waals surface area (Å²) in [5.74, 6) is 3.54. The van der Waals surface area contributed by atoms with Crippen molar-refractivity contribution < 1.29 is 9.47 Å². The largest absolute Gasteiger partial charge is 0.497 e. The highest BCUT2D eigenvalue weighted by Gasteiger charge is 2.24. The first-order valence-electron chi connectivity index (χ1n) is 13.1. The van der Waals surface area contributed by atoms with Crippen molar-refractivity contribution in [1.82, 2.24) is 20.6 Å². The lowest BCUT2D eigenvalue weighted by Gasteiger charge is -2.31. The maximum atomic E-state index is 5.57. The van der Waals surface area contributed by atoms with Crippen molar-refractivity contribution >= 4 is 29.1 Å². The second kappa shape index (κ2) is 12.4. The van der Waals surface area contributed by atoms with E-state index in [1.54, 1.807) is 14.2 Å². The summed E-state index contributed by atoms with van der Waals surface area (Å²) in [5.41, 5.74) is 3.65. The van der Waals surface area contributed by atoms with Crippen LogP contribution in [0.15, 0.2) is 18.2 Å². The minimum atomic E-state index is 0.385. The molecule has 2 aliphatic rings. The van der Waals surface area contributed by atoms with Crippen LogP contribution in [0.25, 0.3) is 0 Å². The van der Waals surface area contributed by atoms with Gasteiger partial charge in [0.15, 0.2) is 5.11 Å². The topological polar surface area (TPSA) is 83.6 Å². The van der Waals surface area contributed by atoms with Crippen molar-refractivity contribution in [3.63, 3.8) is 0 Å². The van der Waals surface area contributed by atoms with Crippen LogP contribution in [0.1, 0.15) is 55.3 Å². The van der Waals surface area contributed by atoms with E-state index in [1.165, 1.54) is 24.1 Å². The Bertz CT molecular complexity index is 1040. The van der Waals surface area contributed by atoms with Crippen LogP contribution in [0, 0.1) is 0 Å². The highest BCUT2D eigenvalue weighted by molar-refractivity contribution is 7.80. The van der Waals surface area contributed by atoms with Crippen molar-refractivity contribution in [2.45, 2.75) is 69.9 Å². The van der Waals surface area contributed by atoms with Crippen molar-refractivity contribution in [3.05, 3.63) is 35.0 Å².